The molecule has 1 atom stereocenters. The van der Waals surface area contributed by atoms with Crippen molar-refractivity contribution in [3.05, 3.63) is 88.0 Å². The van der Waals surface area contributed by atoms with Crippen molar-refractivity contribution < 1.29 is 14.3 Å². The van der Waals surface area contributed by atoms with Crippen LogP contribution in [0.3, 0.4) is 0 Å². The fraction of sp³-hybridized carbons (Fsp3) is 0.182. The highest BCUT2D eigenvalue weighted by molar-refractivity contribution is 5.70. The normalized spacial score (nSPS) is 15.2. The summed E-state index contributed by atoms with van der Waals surface area (Å²) in [5, 5.41) is 12.5. The zero-order valence-electron chi connectivity index (χ0n) is 15.1. The molecule has 0 bridgehead atoms. The van der Waals surface area contributed by atoms with Gasteiger partial charge in [-0.2, -0.15) is 0 Å². The molecule has 6 heteroatoms. The number of pyridine rings is 1. The molecule has 0 saturated heterocycles. The summed E-state index contributed by atoms with van der Waals surface area (Å²) in [4.78, 5) is 24.4. The van der Waals surface area contributed by atoms with Crippen LogP contribution in [0, 0.1) is 5.82 Å². The van der Waals surface area contributed by atoms with Gasteiger partial charge in [0.2, 0.25) is 0 Å². The Labute approximate surface area is 161 Å². The molecule has 0 saturated carbocycles. The summed E-state index contributed by atoms with van der Waals surface area (Å²) >= 11 is 0. The Morgan fingerprint density at radius 3 is 2.64 bits per heavy atom. The molecule has 0 amide bonds. The molecule has 2 aromatic carbocycles. The predicted molar refractivity (Wildman–Crippen MR) is 105 cm³/mol. The summed E-state index contributed by atoms with van der Waals surface area (Å²) in [7, 11) is 0. The first-order valence-electron chi connectivity index (χ1n) is 9.09. The number of benzene rings is 2. The second kappa shape index (κ2) is 7.31. The lowest BCUT2D eigenvalue weighted by Crippen LogP contribution is -2.28. The number of aryl methyl sites for hydroxylation is 1. The van der Waals surface area contributed by atoms with E-state index in [1.54, 1.807) is 24.3 Å². The Balaban J connectivity index is 1.75. The molecule has 1 aliphatic carbocycles. The minimum Gasteiger partial charge on any atom is -0.480 e. The number of carboxylic acids is 1. The number of aromatic nitrogens is 1. The van der Waals surface area contributed by atoms with E-state index in [1.807, 2.05) is 18.2 Å². The van der Waals surface area contributed by atoms with Crippen molar-refractivity contribution in [3.8, 4) is 11.3 Å². The van der Waals surface area contributed by atoms with Crippen molar-refractivity contribution in [1.29, 1.82) is 0 Å². The lowest BCUT2D eigenvalue weighted by Gasteiger charge is -2.18. The Morgan fingerprint density at radius 2 is 1.86 bits per heavy atom. The van der Waals surface area contributed by atoms with E-state index in [-0.39, 0.29) is 17.3 Å². The molecule has 1 aromatic heterocycles. The Bertz CT molecular complexity index is 1110. The molecule has 2 N–H and O–H groups in total. The van der Waals surface area contributed by atoms with E-state index in [4.69, 9.17) is 0 Å². The van der Waals surface area contributed by atoms with Gasteiger partial charge in [-0.25, -0.2) is 4.39 Å². The highest BCUT2D eigenvalue weighted by Gasteiger charge is 2.23. The number of fused-ring (bicyclic) bond motifs is 1. The van der Waals surface area contributed by atoms with Crippen molar-refractivity contribution in [2.75, 3.05) is 5.32 Å². The van der Waals surface area contributed by atoms with Gasteiger partial charge in [-0.05, 0) is 48.2 Å². The molecule has 142 valence electrons. The van der Waals surface area contributed by atoms with E-state index in [0.29, 0.717) is 5.69 Å². The lowest BCUT2D eigenvalue weighted by molar-refractivity contribution is -0.137. The van der Waals surface area contributed by atoms with Gasteiger partial charge in [-0.1, -0.05) is 36.4 Å². The molecular weight excluding hydrogens is 359 g/mol. The number of rotatable bonds is 5. The second-order valence-electron chi connectivity index (χ2n) is 6.83. The van der Waals surface area contributed by atoms with Crippen LogP contribution in [-0.4, -0.2) is 15.6 Å². The molecule has 4 rings (SSSR count). The molecule has 0 spiro atoms. The number of carbonyl (C=O) groups is 1. The average molecular weight is 378 g/mol. The average Bonchev–Trinajstić information content (AvgIpc) is 3.09. The third-order valence-electron chi connectivity index (χ3n) is 5.08. The van der Waals surface area contributed by atoms with Gasteiger partial charge in [0.25, 0.3) is 5.56 Å². The van der Waals surface area contributed by atoms with Crippen LogP contribution in [0.4, 0.5) is 10.1 Å². The molecule has 0 unspecified atom stereocenters. The highest BCUT2D eigenvalue weighted by atomic mass is 19.1. The SMILES string of the molecule is O=C(O)Cn1c(-c2ccccc2F)ccc(N[C@H]2CCc3ccccc32)c1=O. The first-order chi connectivity index (χ1) is 13.5. The molecule has 0 radical (unpaired) electrons. The maximum absolute atomic E-state index is 14.2. The summed E-state index contributed by atoms with van der Waals surface area (Å²) in [5.41, 5.74) is 2.65. The van der Waals surface area contributed by atoms with Crippen molar-refractivity contribution >= 4 is 11.7 Å². The molecule has 0 aliphatic heterocycles. The predicted octanol–water partition coefficient (Wildman–Crippen LogP) is 3.84. The largest absolute Gasteiger partial charge is 0.480 e. The van der Waals surface area contributed by atoms with Crippen molar-refractivity contribution in [2.24, 2.45) is 0 Å². The summed E-state index contributed by atoms with van der Waals surface area (Å²) in [6, 6.07) is 17.2. The van der Waals surface area contributed by atoms with Gasteiger partial charge in [0, 0.05) is 5.56 Å². The molecule has 1 aliphatic rings. The van der Waals surface area contributed by atoms with Crippen LogP contribution in [0.25, 0.3) is 11.3 Å². The van der Waals surface area contributed by atoms with Crippen molar-refractivity contribution in [3.63, 3.8) is 0 Å². The third kappa shape index (κ3) is 3.29. The number of nitrogens with one attached hydrogen (secondary N) is 1. The number of halogens is 1. The van der Waals surface area contributed by atoms with Gasteiger partial charge in [0.1, 0.15) is 18.0 Å². The van der Waals surface area contributed by atoms with Crippen LogP contribution < -0.4 is 10.9 Å². The van der Waals surface area contributed by atoms with E-state index in [9.17, 15) is 19.1 Å². The zero-order chi connectivity index (χ0) is 19.7. The van der Waals surface area contributed by atoms with Gasteiger partial charge in [-0.15, -0.1) is 0 Å². The van der Waals surface area contributed by atoms with E-state index >= 15 is 0 Å². The second-order valence-corrected chi connectivity index (χ2v) is 6.83. The topological polar surface area (TPSA) is 71.3 Å². The highest BCUT2D eigenvalue weighted by Crippen LogP contribution is 2.33. The van der Waals surface area contributed by atoms with Gasteiger partial charge in [-0.3, -0.25) is 14.2 Å². The lowest BCUT2D eigenvalue weighted by atomic mass is 10.1. The van der Waals surface area contributed by atoms with E-state index in [1.165, 1.54) is 17.7 Å². The van der Waals surface area contributed by atoms with Gasteiger partial charge < -0.3 is 10.4 Å². The van der Waals surface area contributed by atoms with Gasteiger partial charge in [0.05, 0.1) is 11.7 Å². The first-order valence-corrected chi connectivity index (χ1v) is 9.09. The van der Waals surface area contributed by atoms with E-state index < -0.39 is 23.9 Å². The van der Waals surface area contributed by atoms with Crippen LogP contribution in [0.1, 0.15) is 23.6 Å². The van der Waals surface area contributed by atoms with Crippen LogP contribution in [-0.2, 0) is 17.8 Å². The minimum absolute atomic E-state index is 0.0125. The molecule has 3 aromatic rings. The summed E-state index contributed by atoms with van der Waals surface area (Å²) in [5.74, 6) is -1.67. The van der Waals surface area contributed by atoms with Gasteiger partial charge >= 0.3 is 5.97 Å². The Hall–Kier alpha value is -3.41. The molecule has 5 nitrogen and oxygen atoms in total. The summed E-state index contributed by atoms with van der Waals surface area (Å²) in [6.45, 7) is -0.542. The number of hydrogen-bond donors (Lipinski definition) is 2. The molecule has 0 fully saturated rings. The monoisotopic (exact) mass is 378 g/mol. The first kappa shape index (κ1) is 18.0. The maximum atomic E-state index is 14.2. The van der Waals surface area contributed by atoms with Crippen LogP contribution in [0.2, 0.25) is 0 Å². The number of nitrogens with zero attached hydrogens (tertiary/aromatic N) is 1. The Morgan fingerprint density at radius 1 is 1.11 bits per heavy atom. The maximum Gasteiger partial charge on any atom is 0.323 e. The van der Waals surface area contributed by atoms with Crippen molar-refractivity contribution in [2.45, 2.75) is 25.4 Å². The zero-order valence-corrected chi connectivity index (χ0v) is 15.1. The fourth-order valence-corrected chi connectivity index (χ4v) is 3.78. The minimum atomic E-state index is -1.16. The van der Waals surface area contributed by atoms with Crippen LogP contribution in [0.15, 0.2) is 65.5 Å². The standard InChI is InChI=1S/C22H19FN2O3/c23-17-8-4-3-7-16(17)20-12-11-19(22(28)25(20)13-21(26)27)24-18-10-9-14-5-1-2-6-15(14)18/h1-8,11-12,18,24H,9-10,13H2,(H,26,27)/t18-/m0/s1. The van der Waals surface area contributed by atoms with E-state index in [0.717, 1.165) is 23.0 Å². The van der Waals surface area contributed by atoms with Crippen LogP contribution in [0.5, 0.6) is 0 Å². The quantitative estimate of drug-likeness (QED) is 0.708. The third-order valence-corrected chi connectivity index (χ3v) is 5.08. The summed E-state index contributed by atoms with van der Waals surface area (Å²) in [6.07, 6.45) is 1.78. The molecule has 1 heterocycles. The number of carboxylic acid groups (broad SMARTS) is 1. The smallest absolute Gasteiger partial charge is 0.323 e. The fourth-order valence-electron chi connectivity index (χ4n) is 3.78. The molecular formula is C22H19FN2O3. The molecule has 28 heavy (non-hydrogen) atoms. The van der Waals surface area contributed by atoms with E-state index in [2.05, 4.69) is 11.4 Å². The summed E-state index contributed by atoms with van der Waals surface area (Å²) < 4.78 is 15.3. The van der Waals surface area contributed by atoms with Crippen LogP contribution >= 0.6 is 0 Å². The number of aliphatic carboxylic acids is 1. The number of anilines is 1. The number of hydrogen-bond acceptors (Lipinski definition) is 3. The Kier molecular flexibility index (Phi) is 4.69. The van der Waals surface area contributed by atoms with Gasteiger partial charge in [0.15, 0.2) is 0 Å². The van der Waals surface area contributed by atoms with Crippen molar-refractivity contribution in [1.82, 2.24) is 4.57 Å².